The highest BCUT2D eigenvalue weighted by atomic mass is 127. The van der Waals surface area contributed by atoms with Crippen LogP contribution in [0.4, 0.5) is 0 Å². The van der Waals surface area contributed by atoms with Crippen LogP contribution in [0.15, 0.2) is 34.2 Å². The van der Waals surface area contributed by atoms with Gasteiger partial charge in [0, 0.05) is 31.2 Å². The summed E-state index contributed by atoms with van der Waals surface area (Å²) in [6, 6.07) is 6.21. The first kappa shape index (κ1) is 21.5. The smallest absolute Gasteiger partial charge is 0.240 e. The van der Waals surface area contributed by atoms with Gasteiger partial charge in [-0.05, 0) is 38.0 Å². The zero-order valence-corrected chi connectivity index (χ0v) is 17.6. The molecule has 1 aromatic rings. The minimum Gasteiger partial charge on any atom is -0.357 e. The van der Waals surface area contributed by atoms with E-state index < -0.39 is 10.0 Å². The molecule has 24 heavy (non-hydrogen) atoms. The van der Waals surface area contributed by atoms with Gasteiger partial charge < -0.3 is 10.2 Å². The van der Waals surface area contributed by atoms with Crippen LogP contribution in [-0.4, -0.2) is 52.0 Å². The highest BCUT2D eigenvalue weighted by molar-refractivity contribution is 14.0. The van der Waals surface area contributed by atoms with E-state index in [9.17, 15) is 8.42 Å². The maximum atomic E-state index is 12.2. The molecule has 1 fully saturated rings. The normalized spacial score (nSPS) is 15.2. The highest BCUT2D eigenvalue weighted by Gasteiger charge is 2.16. The van der Waals surface area contributed by atoms with Crippen molar-refractivity contribution >= 4 is 51.6 Å². The molecule has 0 amide bonds. The topological polar surface area (TPSA) is 73.8 Å². The van der Waals surface area contributed by atoms with Gasteiger partial charge >= 0.3 is 0 Å². The lowest BCUT2D eigenvalue weighted by molar-refractivity contribution is 0.493. The Balaban J connectivity index is 0.00000288. The summed E-state index contributed by atoms with van der Waals surface area (Å²) in [5.74, 6) is 0.854. The minimum atomic E-state index is -3.55. The molecule has 0 bridgehead atoms. The summed E-state index contributed by atoms with van der Waals surface area (Å²) in [7, 11) is -3.55. The second-order valence-corrected chi connectivity index (χ2v) is 7.49. The van der Waals surface area contributed by atoms with Crippen LogP contribution in [0.5, 0.6) is 0 Å². The number of likely N-dealkylation sites (tertiary alicyclic amines) is 1. The van der Waals surface area contributed by atoms with Crippen LogP contribution in [0.3, 0.4) is 0 Å². The van der Waals surface area contributed by atoms with Crippen LogP contribution in [0.1, 0.15) is 19.8 Å². The molecule has 1 saturated heterocycles. The quantitative estimate of drug-likeness (QED) is 0.280. The number of halogens is 2. The fourth-order valence-electron chi connectivity index (χ4n) is 2.41. The Morgan fingerprint density at radius 2 is 2.04 bits per heavy atom. The van der Waals surface area contributed by atoms with Crippen LogP contribution in [-0.2, 0) is 10.0 Å². The average Bonchev–Trinajstić information content (AvgIpc) is 3.04. The van der Waals surface area contributed by atoms with Gasteiger partial charge in [-0.2, -0.15) is 0 Å². The van der Waals surface area contributed by atoms with Gasteiger partial charge in [-0.25, -0.2) is 13.1 Å². The van der Waals surface area contributed by atoms with E-state index in [1.54, 1.807) is 12.1 Å². The second kappa shape index (κ2) is 10.4. The molecule has 9 heteroatoms. The van der Waals surface area contributed by atoms with Crippen LogP contribution >= 0.6 is 35.6 Å². The molecular weight excluding hydrogens is 463 g/mol. The number of rotatable bonds is 6. The Labute approximate surface area is 166 Å². The molecular formula is C15H24ClIN4O2S. The molecule has 0 aromatic heterocycles. The monoisotopic (exact) mass is 486 g/mol. The van der Waals surface area contributed by atoms with Gasteiger partial charge in [0.1, 0.15) is 0 Å². The third kappa shape index (κ3) is 6.38. The molecule has 0 saturated carbocycles. The third-order valence-electron chi connectivity index (χ3n) is 3.51. The van der Waals surface area contributed by atoms with Crippen molar-refractivity contribution in [1.82, 2.24) is 14.9 Å². The number of aliphatic imine (C=N–C) groups is 1. The molecule has 0 aliphatic carbocycles. The average molecular weight is 487 g/mol. The number of sulfonamides is 1. The zero-order valence-electron chi connectivity index (χ0n) is 13.7. The number of guanidine groups is 1. The van der Waals surface area contributed by atoms with Gasteiger partial charge in [0.25, 0.3) is 0 Å². The molecule has 0 radical (unpaired) electrons. The van der Waals surface area contributed by atoms with Gasteiger partial charge in [-0.1, -0.05) is 17.7 Å². The third-order valence-corrected chi connectivity index (χ3v) is 5.21. The Morgan fingerprint density at radius 3 is 2.67 bits per heavy atom. The van der Waals surface area contributed by atoms with Crippen LogP contribution < -0.4 is 10.0 Å². The van der Waals surface area contributed by atoms with E-state index in [1.165, 1.54) is 25.0 Å². The lowest BCUT2D eigenvalue weighted by Gasteiger charge is -2.20. The van der Waals surface area contributed by atoms with E-state index in [0.717, 1.165) is 25.6 Å². The Hall–Kier alpha value is -0.580. The molecule has 6 nitrogen and oxygen atoms in total. The fraction of sp³-hybridized carbons (Fsp3) is 0.533. The highest BCUT2D eigenvalue weighted by Crippen LogP contribution is 2.15. The first-order valence-electron chi connectivity index (χ1n) is 7.81. The predicted molar refractivity (Wildman–Crippen MR) is 109 cm³/mol. The van der Waals surface area contributed by atoms with Crippen molar-refractivity contribution in [1.29, 1.82) is 0 Å². The van der Waals surface area contributed by atoms with Gasteiger partial charge in [0.2, 0.25) is 10.0 Å². The maximum Gasteiger partial charge on any atom is 0.240 e. The van der Waals surface area contributed by atoms with E-state index in [0.29, 0.717) is 11.6 Å². The zero-order chi connectivity index (χ0) is 16.7. The van der Waals surface area contributed by atoms with Crippen LogP contribution in [0, 0.1) is 0 Å². The molecule has 136 valence electrons. The van der Waals surface area contributed by atoms with Crippen molar-refractivity contribution in [2.24, 2.45) is 4.99 Å². The maximum absolute atomic E-state index is 12.2. The SMILES string of the molecule is CCNC(=NCCNS(=O)(=O)c1cccc(Cl)c1)N1CCCC1.I. The molecule has 1 heterocycles. The first-order chi connectivity index (χ1) is 11.0. The molecule has 0 spiro atoms. The summed E-state index contributed by atoms with van der Waals surface area (Å²) in [5, 5.41) is 3.64. The molecule has 2 N–H and O–H groups in total. The van der Waals surface area contributed by atoms with Crippen molar-refractivity contribution in [2.45, 2.75) is 24.7 Å². The predicted octanol–water partition coefficient (Wildman–Crippen LogP) is 2.30. The number of hydrogen-bond acceptors (Lipinski definition) is 3. The minimum absolute atomic E-state index is 0. The summed E-state index contributed by atoms with van der Waals surface area (Å²) in [5.41, 5.74) is 0. The van der Waals surface area contributed by atoms with Gasteiger partial charge in [0.05, 0.1) is 11.4 Å². The Morgan fingerprint density at radius 1 is 1.33 bits per heavy atom. The standard InChI is InChI=1S/C15H23ClN4O2S.HI/c1-2-17-15(20-10-3-4-11-20)18-8-9-19-23(21,22)14-7-5-6-13(16)12-14;/h5-7,12,19H,2-4,8-11H2,1H3,(H,17,18);1H. The van der Waals surface area contributed by atoms with Crippen molar-refractivity contribution in [3.8, 4) is 0 Å². The molecule has 2 rings (SSSR count). The fourth-order valence-corrected chi connectivity index (χ4v) is 3.74. The summed E-state index contributed by atoms with van der Waals surface area (Å²) >= 11 is 5.83. The Kier molecular flexibility index (Phi) is 9.32. The first-order valence-corrected chi connectivity index (χ1v) is 9.67. The number of nitrogens with one attached hydrogen (secondary N) is 2. The second-order valence-electron chi connectivity index (χ2n) is 5.28. The largest absolute Gasteiger partial charge is 0.357 e. The number of nitrogens with zero attached hydrogens (tertiary/aromatic N) is 2. The summed E-state index contributed by atoms with van der Waals surface area (Å²) < 4.78 is 26.9. The lowest BCUT2D eigenvalue weighted by Crippen LogP contribution is -2.40. The number of hydrogen-bond donors (Lipinski definition) is 2. The summed E-state index contributed by atoms with van der Waals surface area (Å²) in [4.78, 5) is 6.86. The molecule has 1 aliphatic heterocycles. The van der Waals surface area contributed by atoms with E-state index in [-0.39, 0.29) is 35.4 Å². The van der Waals surface area contributed by atoms with Gasteiger partial charge in [-0.15, -0.1) is 24.0 Å². The van der Waals surface area contributed by atoms with Crippen LogP contribution in [0.25, 0.3) is 0 Å². The number of benzene rings is 1. The van der Waals surface area contributed by atoms with E-state index >= 15 is 0 Å². The van der Waals surface area contributed by atoms with Crippen LogP contribution in [0.2, 0.25) is 5.02 Å². The van der Waals surface area contributed by atoms with Crippen molar-refractivity contribution in [2.75, 3.05) is 32.7 Å². The molecule has 0 unspecified atom stereocenters. The van der Waals surface area contributed by atoms with Crippen molar-refractivity contribution in [3.05, 3.63) is 29.3 Å². The van der Waals surface area contributed by atoms with E-state index in [2.05, 4.69) is 19.9 Å². The Bertz CT molecular complexity index is 649. The van der Waals surface area contributed by atoms with Crippen molar-refractivity contribution in [3.63, 3.8) is 0 Å². The summed E-state index contributed by atoms with van der Waals surface area (Å²) in [6.07, 6.45) is 2.34. The van der Waals surface area contributed by atoms with E-state index in [1.807, 2.05) is 6.92 Å². The van der Waals surface area contributed by atoms with Gasteiger partial charge in [0.15, 0.2) is 5.96 Å². The molecule has 1 aromatic carbocycles. The van der Waals surface area contributed by atoms with Gasteiger partial charge in [-0.3, -0.25) is 4.99 Å². The molecule has 0 atom stereocenters. The van der Waals surface area contributed by atoms with E-state index in [4.69, 9.17) is 11.6 Å². The summed E-state index contributed by atoms with van der Waals surface area (Å²) in [6.45, 7) is 5.45. The van der Waals surface area contributed by atoms with Crippen molar-refractivity contribution < 1.29 is 8.42 Å². The lowest BCUT2D eigenvalue weighted by atomic mass is 10.4. The molecule has 1 aliphatic rings.